The van der Waals surface area contributed by atoms with E-state index in [4.69, 9.17) is 10.8 Å². The van der Waals surface area contributed by atoms with Crippen molar-refractivity contribution >= 4 is 53.6 Å². The summed E-state index contributed by atoms with van der Waals surface area (Å²) < 4.78 is 0. The van der Waals surface area contributed by atoms with E-state index in [0.29, 0.717) is 30.3 Å². The number of benzene rings is 1. The molecule has 0 spiro atoms. The number of H-pyrrole nitrogens is 1. The van der Waals surface area contributed by atoms with Crippen LogP contribution in [0.3, 0.4) is 0 Å². The fourth-order valence-electron chi connectivity index (χ4n) is 3.12. The molecule has 13 nitrogen and oxygen atoms in total. The molecule has 0 saturated heterocycles. The summed E-state index contributed by atoms with van der Waals surface area (Å²) in [5.74, 6) is -2.87. The van der Waals surface area contributed by atoms with Gasteiger partial charge < -0.3 is 37.2 Å². The highest BCUT2D eigenvalue weighted by molar-refractivity contribution is 7.81. The lowest BCUT2D eigenvalue weighted by Crippen LogP contribution is -2.43. The largest absolute Gasteiger partial charge is 0.480 e. The Hall–Kier alpha value is -3.94. The summed E-state index contributed by atoms with van der Waals surface area (Å²) in [4.78, 5) is 53.1. The van der Waals surface area contributed by atoms with Crippen LogP contribution in [-0.2, 0) is 9.59 Å². The molecular formula is C19H23N7O6S. The number of fused-ring (bicyclic) bond motifs is 1. The lowest BCUT2D eigenvalue weighted by molar-refractivity contribution is -0.140. The number of amides is 1. The number of thiol groups is 1. The van der Waals surface area contributed by atoms with Gasteiger partial charge in [-0.05, 0) is 24.3 Å². The Morgan fingerprint density at radius 3 is 2.55 bits per heavy atom. The Kier molecular flexibility index (Phi) is 7.27. The van der Waals surface area contributed by atoms with Gasteiger partial charge in [-0.2, -0.15) is 17.6 Å². The minimum absolute atomic E-state index is 0.0238. The van der Waals surface area contributed by atoms with E-state index in [1.54, 1.807) is 12.1 Å². The summed E-state index contributed by atoms with van der Waals surface area (Å²) in [6, 6.07) is 4.77. The van der Waals surface area contributed by atoms with Gasteiger partial charge in [0.25, 0.3) is 11.5 Å². The predicted molar refractivity (Wildman–Crippen MR) is 124 cm³/mol. The van der Waals surface area contributed by atoms with Gasteiger partial charge in [0.1, 0.15) is 17.0 Å². The molecule has 1 aromatic heterocycles. The third-order valence-electron chi connectivity index (χ3n) is 4.85. The van der Waals surface area contributed by atoms with Crippen LogP contribution in [0.15, 0.2) is 29.1 Å². The van der Waals surface area contributed by atoms with Gasteiger partial charge in [0, 0.05) is 30.8 Å². The van der Waals surface area contributed by atoms with E-state index >= 15 is 0 Å². The highest BCUT2D eigenvalue weighted by Gasteiger charge is 2.26. The van der Waals surface area contributed by atoms with Gasteiger partial charge in [-0.1, -0.05) is 0 Å². The third kappa shape index (κ3) is 6.06. The molecule has 1 aliphatic rings. The zero-order valence-corrected chi connectivity index (χ0v) is 18.1. The molecule has 1 aliphatic heterocycles. The molecule has 1 aromatic carbocycles. The van der Waals surface area contributed by atoms with Crippen LogP contribution in [0.5, 0.6) is 0 Å². The number of anilines is 4. The number of carboxylic acid groups (broad SMARTS) is 2. The Morgan fingerprint density at radius 2 is 1.91 bits per heavy atom. The standard InChI is InChI=1S/C19H23N7O6S/c20-19-25-14-13(16(28)26-19)23-10(7-22-14)6-21-9-3-1-8(2-4-9)15(27)24-11(17(29)30)5-12(33)18(31)32/h1-4,10-12,21,23,33H,5-7H2,(H,24,27)(H,29,30)(H,31,32)(H4,20,22,25,26,28)/t10?,11-,12?/m0/s1. The van der Waals surface area contributed by atoms with Gasteiger partial charge in [0.05, 0.1) is 6.04 Å². The van der Waals surface area contributed by atoms with Gasteiger partial charge in [0.2, 0.25) is 5.95 Å². The van der Waals surface area contributed by atoms with E-state index in [9.17, 15) is 24.3 Å². The van der Waals surface area contributed by atoms with E-state index < -0.39 is 29.1 Å². The van der Waals surface area contributed by atoms with Gasteiger partial charge in [-0.3, -0.25) is 19.4 Å². The minimum atomic E-state index is -1.39. The maximum atomic E-state index is 12.4. The number of nitrogens with two attached hydrogens (primary N) is 1. The van der Waals surface area contributed by atoms with Crippen molar-refractivity contribution < 1.29 is 24.6 Å². The Morgan fingerprint density at radius 1 is 1.21 bits per heavy atom. The highest BCUT2D eigenvalue weighted by Crippen LogP contribution is 2.20. The van der Waals surface area contributed by atoms with Crippen molar-refractivity contribution in [2.24, 2.45) is 0 Å². The number of nitrogens with one attached hydrogen (secondary N) is 5. The minimum Gasteiger partial charge on any atom is -0.480 e. The van der Waals surface area contributed by atoms with Crippen LogP contribution in [0.1, 0.15) is 16.8 Å². The number of aromatic amines is 1. The first-order valence-electron chi connectivity index (χ1n) is 9.82. The number of carboxylic acids is 2. The number of carbonyl (C=O) groups excluding carboxylic acids is 1. The molecule has 3 rings (SSSR count). The summed E-state index contributed by atoms with van der Waals surface area (Å²) >= 11 is 3.81. The normalized spacial score (nSPS) is 16.3. The van der Waals surface area contributed by atoms with E-state index in [1.165, 1.54) is 12.1 Å². The van der Waals surface area contributed by atoms with Crippen molar-refractivity contribution in [2.75, 3.05) is 34.8 Å². The van der Waals surface area contributed by atoms with Crippen molar-refractivity contribution in [1.82, 2.24) is 15.3 Å². The van der Waals surface area contributed by atoms with E-state index in [0.717, 1.165) is 0 Å². The molecule has 2 unspecified atom stereocenters. The molecule has 0 saturated carbocycles. The van der Waals surface area contributed by atoms with Crippen molar-refractivity contribution in [3.8, 4) is 0 Å². The quantitative estimate of drug-likeness (QED) is 0.212. The van der Waals surface area contributed by atoms with E-state index in [2.05, 4.69) is 43.9 Å². The lowest BCUT2D eigenvalue weighted by Gasteiger charge is -2.27. The molecule has 33 heavy (non-hydrogen) atoms. The first-order valence-corrected chi connectivity index (χ1v) is 10.3. The van der Waals surface area contributed by atoms with Crippen LogP contribution >= 0.6 is 12.6 Å². The van der Waals surface area contributed by atoms with Crippen LogP contribution in [0, 0.1) is 0 Å². The van der Waals surface area contributed by atoms with Crippen molar-refractivity contribution in [1.29, 1.82) is 0 Å². The molecule has 9 N–H and O–H groups in total. The number of hydrogen-bond donors (Lipinski definition) is 9. The fraction of sp³-hybridized carbons (Fsp3) is 0.316. The second kappa shape index (κ2) is 10.1. The Labute approximate surface area is 192 Å². The van der Waals surface area contributed by atoms with Crippen LogP contribution in [0.2, 0.25) is 0 Å². The maximum absolute atomic E-state index is 12.4. The first-order chi connectivity index (χ1) is 15.6. The molecule has 2 heterocycles. The van der Waals surface area contributed by atoms with Crippen LogP contribution in [0.4, 0.5) is 23.1 Å². The summed E-state index contributed by atoms with van der Waals surface area (Å²) in [5, 5.41) is 28.5. The average molecular weight is 478 g/mol. The van der Waals surface area contributed by atoms with Gasteiger partial charge >= 0.3 is 11.9 Å². The number of aliphatic carboxylic acids is 2. The molecular weight excluding hydrogens is 454 g/mol. The monoisotopic (exact) mass is 477 g/mol. The van der Waals surface area contributed by atoms with Gasteiger partial charge in [-0.15, -0.1) is 0 Å². The molecule has 3 atom stereocenters. The third-order valence-corrected chi connectivity index (χ3v) is 5.28. The number of nitrogens with zero attached hydrogens (tertiary/aromatic N) is 1. The van der Waals surface area contributed by atoms with Gasteiger partial charge in [-0.25, -0.2) is 4.79 Å². The summed E-state index contributed by atoms with van der Waals surface area (Å²) in [6.45, 7) is 0.941. The summed E-state index contributed by atoms with van der Waals surface area (Å²) in [5.41, 5.74) is 6.35. The molecule has 0 aliphatic carbocycles. The maximum Gasteiger partial charge on any atom is 0.326 e. The SMILES string of the molecule is Nc1nc2c(c(=O)[nH]1)NC(CNc1ccc(C(=O)N[C@@H](CC(S)C(=O)O)C(=O)O)cc1)CN2. The van der Waals surface area contributed by atoms with Crippen molar-refractivity contribution in [2.45, 2.75) is 23.8 Å². The van der Waals surface area contributed by atoms with E-state index in [1.807, 2.05) is 0 Å². The van der Waals surface area contributed by atoms with Crippen molar-refractivity contribution in [3.05, 3.63) is 40.2 Å². The average Bonchev–Trinajstić information content (AvgIpc) is 2.77. The summed E-state index contributed by atoms with van der Waals surface area (Å²) in [6.07, 6.45) is -0.365. The molecule has 0 fully saturated rings. The zero-order valence-electron chi connectivity index (χ0n) is 17.2. The smallest absolute Gasteiger partial charge is 0.326 e. The molecule has 176 valence electrons. The highest BCUT2D eigenvalue weighted by atomic mass is 32.1. The first kappa shape index (κ1) is 23.7. The lowest BCUT2D eigenvalue weighted by atomic mass is 10.1. The fourth-order valence-corrected chi connectivity index (χ4v) is 3.33. The number of carbonyl (C=O) groups is 3. The number of hydrogen-bond acceptors (Lipinski definition) is 10. The van der Waals surface area contributed by atoms with Gasteiger partial charge in [0.15, 0.2) is 5.82 Å². The molecule has 0 bridgehead atoms. The molecule has 2 aromatic rings. The Bertz CT molecular complexity index is 1110. The number of aromatic nitrogens is 2. The Balaban J connectivity index is 1.55. The van der Waals surface area contributed by atoms with Crippen molar-refractivity contribution in [3.63, 3.8) is 0 Å². The zero-order chi connectivity index (χ0) is 24.1. The topological polar surface area (TPSA) is 212 Å². The summed E-state index contributed by atoms with van der Waals surface area (Å²) in [7, 11) is 0. The predicted octanol–water partition coefficient (Wildman–Crippen LogP) is -0.374. The molecule has 1 amide bonds. The van der Waals surface area contributed by atoms with Crippen LogP contribution in [0.25, 0.3) is 0 Å². The van der Waals surface area contributed by atoms with Crippen LogP contribution in [-0.4, -0.2) is 68.4 Å². The molecule has 14 heteroatoms. The molecule has 0 radical (unpaired) electrons. The second-order valence-corrected chi connectivity index (χ2v) is 7.93. The van der Waals surface area contributed by atoms with Crippen LogP contribution < -0.4 is 32.6 Å². The van der Waals surface area contributed by atoms with E-state index in [-0.39, 0.29) is 29.5 Å². The number of rotatable bonds is 9. The second-order valence-electron chi connectivity index (χ2n) is 7.31. The number of nitrogen functional groups attached to an aromatic ring is 1.